The lowest BCUT2D eigenvalue weighted by atomic mass is 9.97. The van der Waals surface area contributed by atoms with Gasteiger partial charge in [0.1, 0.15) is 17.3 Å². The van der Waals surface area contributed by atoms with Crippen LogP contribution in [-0.2, 0) is 9.59 Å². The van der Waals surface area contributed by atoms with Crippen molar-refractivity contribution in [3.05, 3.63) is 64.6 Å². The summed E-state index contributed by atoms with van der Waals surface area (Å²) < 4.78 is 19.1. The van der Waals surface area contributed by atoms with Crippen LogP contribution < -0.4 is 9.64 Å². The van der Waals surface area contributed by atoms with E-state index in [1.807, 2.05) is 11.0 Å². The van der Waals surface area contributed by atoms with Gasteiger partial charge in [-0.1, -0.05) is 36.7 Å². The predicted molar refractivity (Wildman–Crippen MR) is 114 cm³/mol. The quantitative estimate of drug-likeness (QED) is 0.672. The molecule has 2 aromatic rings. The van der Waals surface area contributed by atoms with Gasteiger partial charge in [-0.25, -0.2) is 9.29 Å². The first-order valence-electron chi connectivity index (χ1n) is 9.88. The molecule has 0 aromatic heterocycles. The Balaban J connectivity index is 1.87. The third-order valence-corrected chi connectivity index (χ3v) is 5.86. The number of likely N-dealkylation sites (tertiary alicyclic amines) is 1. The molecule has 1 unspecified atom stereocenters. The SMILES string of the molecule is COc1ccccc1C1=C(N2CCCC(C)C2)C(=O)N(c2ccc(F)c(Cl)c2)C1=O. The second kappa shape index (κ2) is 8.11. The maximum absolute atomic E-state index is 13.7. The third-order valence-electron chi connectivity index (χ3n) is 5.57. The van der Waals surface area contributed by atoms with E-state index < -0.39 is 17.6 Å². The van der Waals surface area contributed by atoms with Gasteiger partial charge in [-0.15, -0.1) is 0 Å². The Bertz CT molecular complexity index is 1050. The standard InChI is InChI=1S/C23H22ClFN2O3/c1-14-6-5-11-26(13-14)21-20(16-7-3-4-8-19(16)30-2)22(28)27(23(21)29)15-9-10-18(25)17(24)12-15/h3-4,7-10,12,14H,5-6,11,13H2,1-2H3. The number of nitrogens with zero attached hydrogens (tertiary/aromatic N) is 2. The number of rotatable bonds is 4. The monoisotopic (exact) mass is 428 g/mol. The van der Waals surface area contributed by atoms with Gasteiger partial charge < -0.3 is 9.64 Å². The van der Waals surface area contributed by atoms with E-state index in [1.165, 1.54) is 19.2 Å². The van der Waals surface area contributed by atoms with Crippen LogP contribution in [0.1, 0.15) is 25.3 Å². The summed E-state index contributed by atoms with van der Waals surface area (Å²) in [5.74, 6) is -0.599. The summed E-state index contributed by atoms with van der Waals surface area (Å²) in [6.45, 7) is 3.51. The number of ether oxygens (including phenoxy) is 1. The average molecular weight is 429 g/mol. The largest absolute Gasteiger partial charge is 0.496 e. The van der Waals surface area contributed by atoms with Crippen LogP contribution in [-0.4, -0.2) is 36.9 Å². The molecule has 30 heavy (non-hydrogen) atoms. The van der Waals surface area contributed by atoms with Gasteiger partial charge >= 0.3 is 0 Å². The van der Waals surface area contributed by atoms with E-state index >= 15 is 0 Å². The zero-order valence-electron chi connectivity index (χ0n) is 16.8. The molecule has 0 spiro atoms. The normalized spacial score (nSPS) is 19.7. The molecule has 2 aliphatic rings. The summed E-state index contributed by atoms with van der Waals surface area (Å²) in [5.41, 5.74) is 1.45. The van der Waals surface area contributed by atoms with Crippen LogP contribution in [0.15, 0.2) is 48.2 Å². The van der Waals surface area contributed by atoms with Crippen LogP contribution >= 0.6 is 11.6 Å². The summed E-state index contributed by atoms with van der Waals surface area (Å²) in [5, 5.41) is -0.146. The Morgan fingerprint density at radius 1 is 1.13 bits per heavy atom. The number of methoxy groups -OCH3 is 1. The molecule has 2 aliphatic heterocycles. The average Bonchev–Trinajstić information content (AvgIpc) is 3.00. The summed E-state index contributed by atoms with van der Waals surface area (Å²) in [4.78, 5) is 30.1. The molecule has 2 heterocycles. The number of hydrogen-bond donors (Lipinski definition) is 0. The number of imide groups is 1. The van der Waals surface area contributed by atoms with E-state index in [-0.39, 0.29) is 10.7 Å². The molecule has 1 atom stereocenters. The van der Waals surface area contributed by atoms with E-state index in [4.69, 9.17) is 16.3 Å². The van der Waals surface area contributed by atoms with Crippen molar-refractivity contribution >= 4 is 34.7 Å². The van der Waals surface area contributed by atoms with Crippen molar-refractivity contribution in [2.24, 2.45) is 5.92 Å². The number of halogens is 2. The molecule has 2 aromatic carbocycles. The molecule has 0 aliphatic carbocycles. The molecule has 0 saturated carbocycles. The number of anilines is 1. The number of carbonyl (C=O) groups excluding carboxylic acids is 2. The van der Waals surface area contributed by atoms with Crippen molar-refractivity contribution in [1.29, 1.82) is 0 Å². The number of para-hydroxylation sites is 1. The van der Waals surface area contributed by atoms with Crippen LogP contribution in [0.3, 0.4) is 0 Å². The second-order valence-electron chi connectivity index (χ2n) is 7.66. The molecular weight excluding hydrogens is 407 g/mol. The predicted octanol–water partition coefficient (Wildman–Crippen LogP) is 4.50. The van der Waals surface area contributed by atoms with E-state index in [1.54, 1.807) is 18.2 Å². The van der Waals surface area contributed by atoms with Crippen LogP contribution in [0.5, 0.6) is 5.75 Å². The van der Waals surface area contributed by atoms with E-state index in [2.05, 4.69) is 6.92 Å². The molecular formula is C23H22ClFN2O3. The van der Waals surface area contributed by atoms with E-state index in [9.17, 15) is 14.0 Å². The van der Waals surface area contributed by atoms with Gasteiger partial charge in [-0.3, -0.25) is 9.59 Å². The van der Waals surface area contributed by atoms with Crippen molar-refractivity contribution in [3.63, 3.8) is 0 Å². The molecule has 2 amide bonds. The van der Waals surface area contributed by atoms with Crippen molar-refractivity contribution in [1.82, 2.24) is 4.90 Å². The van der Waals surface area contributed by atoms with E-state index in [0.717, 1.165) is 23.8 Å². The van der Waals surface area contributed by atoms with Gasteiger partial charge in [-0.05, 0) is 43.0 Å². The zero-order chi connectivity index (χ0) is 21.4. The minimum Gasteiger partial charge on any atom is -0.496 e. The van der Waals surface area contributed by atoms with Gasteiger partial charge in [0.2, 0.25) is 0 Å². The molecule has 156 valence electrons. The fraction of sp³-hybridized carbons (Fsp3) is 0.304. The van der Waals surface area contributed by atoms with Gasteiger partial charge in [0.25, 0.3) is 11.8 Å². The summed E-state index contributed by atoms with van der Waals surface area (Å²) in [7, 11) is 1.53. The molecule has 1 saturated heterocycles. The summed E-state index contributed by atoms with van der Waals surface area (Å²) in [6.07, 6.45) is 2.01. The third kappa shape index (κ3) is 3.45. The second-order valence-corrected chi connectivity index (χ2v) is 8.07. The van der Waals surface area contributed by atoms with Crippen molar-refractivity contribution in [2.45, 2.75) is 19.8 Å². The van der Waals surface area contributed by atoms with Crippen LogP contribution in [0.2, 0.25) is 5.02 Å². The van der Waals surface area contributed by atoms with Crippen molar-refractivity contribution < 1.29 is 18.7 Å². The molecule has 0 bridgehead atoms. The number of amides is 2. The fourth-order valence-corrected chi connectivity index (χ4v) is 4.33. The summed E-state index contributed by atoms with van der Waals surface area (Å²) in [6, 6.07) is 11.0. The molecule has 0 N–H and O–H groups in total. The van der Waals surface area contributed by atoms with Gasteiger partial charge in [-0.2, -0.15) is 0 Å². The molecule has 5 nitrogen and oxygen atoms in total. The minimum absolute atomic E-state index is 0.146. The Hall–Kier alpha value is -2.86. The Morgan fingerprint density at radius 2 is 1.90 bits per heavy atom. The molecule has 0 radical (unpaired) electrons. The fourth-order valence-electron chi connectivity index (χ4n) is 4.16. The van der Waals surface area contributed by atoms with Gasteiger partial charge in [0, 0.05) is 18.7 Å². The Morgan fingerprint density at radius 3 is 2.60 bits per heavy atom. The maximum atomic E-state index is 13.7. The van der Waals surface area contributed by atoms with Crippen LogP contribution in [0, 0.1) is 11.7 Å². The highest BCUT2D eigenvalue weighted by molar-refractivity contribution is 6.46. The molecule has 1 fully saturated rings. The number of benzene rings is 2. The number of carbonyl (C=O) groups is 2. The topological polar surface area (TPSA) is 49.9 Å². The Kier molecular flexibility index (Phi) is 5.52. The van der Waals surface area contributed by atoms with Crippen LogP contribution in [0.25, 0.3) is 5.57 Å². The molecule has 7 heteroatoms. The molecule has 4 rings (SSSR count). The lowest BCUT2D eigenvalue weighted by Crippen LogP contribution is -2.39. The highest BCUT2D eigenvalue weighted by Crippen LogP contribution is 2.39. The number of hydrogen-bond acceptors (Lipinski definition) is 4. The lowest BCUT2D eigenvalue weighted by Gasteiger charge is -2.33. The van der Waals surface area contributed by atoms with Gasteiger partial charge in [0.05, 0.1) is 23.4 Å². The van der Waals surface area contributed by atoms with Crippen molar-refractivity contribution in [2.75, 3.05) is 25.1 Å². The van der Waals surface area contributed by atoms with E-state index in [0.29, 0.717) is 41.6 Å². The lowest BCUT2D eigenvalue weighted by molar-refractivity contribution is -0.120. The minimum atomic E-state index is -0.609. The first kappa shape index (κ1) is 20.4. The van der Waals surface area contributed by atoms with Crippen molar-refractivity contribution in [3.8, 4) is 5.75 Å². The highest BCUT2D eigenvalue weighted by atomic mass is 35.5. The highest BCUT2D eigenvalue weighted by Gasteiger charge is 2.44. The Labute approximate surface area is 179 Å². The first-order chi connectivity index (χ1) is 14.4. The van der Waals surface area contributed by atoms with Gasteiger partial charge in [0.15, 0.2) is 0 Å². The summed E-state index contributed by atoms with van der Waals surface area (Å²) >= 11 is 5.92. The first-order valence-corrected chi connectivity index (χ1v) is 10.3. The smallest absolute Gasteiger partial charge is 0.282 e. The zero-order valence-corrected chi connectivity index (χ0v) is 17.6. The number of piperidine rings is 1. The van der Waals surface area contributed by atoms with Crippen LogP contribution in [0.4, 0.5) is 10.1 Å². The maximum Gasteiger partial charge on any atom is 0.282 e.